The molecular weight excluding hydrogens is 348 g/mol. The van der Waals surface area contributed by atoms with Gasteiger partial charge in [0.25, 0.3) is 0 Å². The average Bonchev–Trinajstić information content (AvgIpc) is 3.24. The van der Waals surface area contributed by atoms with E-state index >= 15 is 0 Å². The first kappa shape index (κ1) is 17.6. The molecule has 4 heterocycles. The third-order valence-electron chi connectivity index (χ3n) is 4.54. The van der Waals surface area contributed by atoms with Crippen LogP contribution in [-0.4, -0.2) is 68.8 Å². The van der Waals surface area contributed by atoms with Crippen molar-refractivity contribution in [3.63, 3.8) is 0 Å². The Kier molecular flexibility index (Phi) is 4.63. The van der Waals surface area contributed by atoms with Gasteiger partial charge in [0.2, 0.25) is 5.88 Å². The van der Waals surface area contributed by atoms with Crippen molar-refractivity contribution in [2.45, 2.75) is 32.2 Å². The molecule has 0 bridgehead atoms. The molecule has 142 valence electrons. The van der Waals surface area contributed by atoms with Gasteiger partial charge in [-0.05, 0) is 13.8 Å². The van der Waals surface area contributed by atoms with Crippen LogP contribution in [0.2, 0.25) is 0 Å². The fraction of sp³-hybridized carbons (Fsp3) is 0.444. The monoisotopic (exact) mass is 370 g/mol. The van der Waals surface area contributed by atoms with Gasteiger partial charge in [0.1, 0.15) is 23.9 Å². The van der Waals surface area contributed by atoms with Crippen LogP contribution < -0.4 is 9.64 Å². The van der Waals surface area contributed by atoms with Gasteiger partial charge < -0.3 is 19.5 Å². The molecule has 2 atom stereocenters. The number of hydrogen-bond donors (Lipinski definition) is 2. The van der Waals surface area contributed by atoms with Gasteiger partial charge in [-0.25, -0.2) is 15.0 Å². The zero-order valence-corrected chi connectivity index (χ0v) is 15.5. The largest absolute Gasteiger partial charge is 0.475 e. The molecule has 2 N–H and O–H groups in total. The van der Waals surface area contributed by atoms with E-state index in [9.17, 15) is 5.11 Å². The third kappa shape index (κ3) is 3.43. The Hall–Kier alpha value is -2.78. The van der Waals surface area contributed by atoms with E-state index in [4.69, 9.17) is 9.47 Å². The van der Waals surface area contributed by atoms with Crippen LogP contribution in [0.4, 0.5) is 5.82 Å². The molecule has 0 unspecified atom stereocenters. The number of nitrogens with one attached hydrogen (secondary N) is 1. The van der Waals surface area contributed by atoms with Crippen molar-refractivity contribution in [3.05, 3.63) is 24.7 Å². The molecule has 9 heteroatoms. The van der Waals surface area contributed by atoms with Crippen molar-refractivity contribution in [1.82, 2.24) is 25.1 Å². The predicted molar refractivity (Wildman–Crippen MR) is 99.7 cm³/mol. The number of aromatic nitrogens is 5. The lowest BCUT2D eigenvalue weighted by atomic mass is 10.2. The van der Waals surface area contributed by atoms with Gasteiger partial charge >= 0.3 is 0 Å². The zero-order chi connectivity index (χ0) is 19.0. The SMILES string of the molecule is CO[C@H]1CN(c2cc(-c3n[nH]c4cnc(OC(C)C)cc34)ncn2)C[C@@H]1O. The van der Waals surface area contributed by atoms with Crippen molar-refractivity contribution in [2.24, 2.45) is 0 Å². The molecule has 3 aromatic heterocycles. The van der Waals surface area contributed by atoms with Crippen LogP contribution in [0.15, 0.2) is 24.7 Å². The number of H-pyrrole nitrogens is 1. The molecular formula is C18H22N6O3. The molecule has 0 saturated carbocycles. The van der Waals surface area contributed by atoms with Gasteiger partial charge in [-0.2, -0.15) is 5.10 Å². The van der Waals surface area contributed by atoms with Crippen LogP contribution in [0.5, 0.6) is 5.88 Å². The van der Waals surface area contributed by atoms with E-state index in [1.165, 1.54) is 6.33 Å². The Morgan fingerprint density at radius 2 is 2.07 bits per heavy atom. The van der Waals surface area contributed by atoms with Crippen molar-refractivity contribution in [1.29, 1.82) is 0 Å². The van der Waals surface area contributed by atoms with Crippen molar-refractivity contribution >= 4 is 16.7 Å². The normalized spacial score (nSPS) is 20.0. The van der Waals surface area contributed by atoms with Crippen LogP contribution in [0.25, 0.3) is 22.3 Å². The Balaban J connectivity index is 1.68. The number of ether oxygens (including phenoxy) is 2. The number of pyridine rings is 1. The van der Waals surface area contributed by atoms with E-state index in [1.807, 2.05) is 30.9 Å². The van der Waals surface area contributed by atoms with Crippen LogP contribution in [0.3, 0.4) is 0 Å². The highest BCUT2D eigenvalue weighted by molar-refractivity contribution is 5.92. The van der Waals surface area contributed by atoms with E-state index < -0.39 is 6.10 Å². The highest BCUT2D eigenvalue weighted by Gasteiger charge is 2.32. The minimum Gasteiger partial charge on any atom is -0.475 e. The summed E-state index contributed by atoms with van der Waals surface area (Å²) in [5.41, 5.74) is 2.19. The van der Waals surface area contributed by atoms with Gasteiger partial charge in [-0.3, -0.25) is 5.10 Å². The maximum absolute atomic E-state index is 10.1. The van der Waals surface area contributed by atoms with E-state index in [1.54, 1.807) is 13.3 Å². The maximum atomic E-state index is 10.1. The summed E-state index contributed by atoms with van der Waals surface area (Å²) in [4.78, 5) is 15.0. The predicted octanol–water partition coefficient (Wildman–Crippen LogP) is 1.40. The number of rotatable bonds is 5. The maximum Gasteiger partial charge on any atom is 0.214 e. The van der Waals surface area contributed by atoms with Crippen LogP contribution in [-0.2, 0) is 4.74 Å². The van der Waals surface area contributed by atoms with Crippen LogP contribution in [0, 0.1) is 0 Å². The first-order valence-corrected chi connectivity index (χ1v) is 8.84. The molecule has 0 aromatic carbocycles. The molecule has 0 spiro atoms. The number of aliphatic hydroxyl groups is 1. The number of aliphatic hydroxyl groups excluding tert-OH is 1. The molecule has 3 aromatic rings. The lowest BCUT2D eigenvalue weighted by Crippen LogP contribution is -2.25. The second-order valence-corrected chi connectivity index (χ2v) is 6.81. The fourth-order valence-electron chi connectivity index (χ4n) is 3.22. The highest BCUT2D eigenvalue weighted by atomic mass is 16.5. The fourth-order valence-corrected chi connectivity index (χ4v) is 3.22. The number of β-amino-alcohol motifs (C(OH)–C–C–N with tert-alkyl or cyclic N) is 1. The van der Waals surface area contributed by atoms with Crippen molar-refractivity contribution in [3.8, 4) is 17.3 Å². The quantitative estimate of drug-likeness (QED) is 0.694. The topological polar surface area (TPSA) is 109 Å². The third-order valence-corrected chi connectivity index (χ3v) is 4.54. The molecule has 1 aliphatic heterocycles. The molecule has 0 aliphatic carbocycles. The summed E-state index contributed by atoms with van der Waals surface area (Å²) >= 11 is 0. The average molecular weight is 370 g/mol. The first-order chi connectivity index (χ1) is 13.0. The van der Waals surface area contributed by atoms with E-state index in [0.29, 0.717) is 30.4 Å². The molecule has 1 fully saturated rings. The molecule has 1 saturated heterocycles. The lowest BCUT2D eigenvalue weighted by Gasteiger charge is -2.16. The van der Waals surface area contributed by atoms with E-state index in [0.717, 1.165) is 16.7 Å². The van der Waals surface area contributed by atoms with Crippen LogP contribution >= 0.6 is 0 Å². The summed E-state index contributed by atoms with van der Waals surface area (Å²) in [7, 11) is 1.60. The summed E-state index contributed by atoms with van der Waals surface area (Å²) in [5.74, 6) is 1.27. The number of methoxy groups -OCH3 is 1. The Morgan fingerprint density at radius 1 is 1.22 bits per heavy atom. The molecule has 0 radical (unpaired) electrons. The highest BCUT2D eigenvalue weighted by Crippen LogP contribution is 2.29. The summed E-state index contributed by atoms with van der Waals surface area (Å²) < 4.78 is 11.0. The summed E-state index contributed by atoms with van der Waals surface area (Å²) in [6, 6.07) is 3.72. The standard InChI is InChI=1S/C18H22N6O3/c1-10(2)27-17-4-11-13(6-19-17)22-23-18(11)12-5-16(21-9-20-12)24-7-14(25)15(8-24)26-3/h4-6,9-10,14-15,25H,7-8H2,1-3H3,(H,22,23)/t14-,15-/m0/s1. The molecule has 0 amide bonds. The number of aromatic amines is 1. The minimum atomic E-state index is -0.540. The van der Waals surface area contributed by atoms with Gasteiger partial charge in [0.15, 0.2) is 0 Å². The number of nitrogens with zero attached hydrogens (tertiary/aromatic N) is 5. The molecule has 27 heavy (non-hydrogen) atoms. The van der Waals surface area contributed by atoms with E-state index in [-0.39, 0.29) is 12.2 Å². The number of anilines is 1. The zero-order valence-electron chi connectivity index (χ0n) is 15.5. The second-order valence-electron chi connectivity index (χ2n) is 6.81. The molecule has 4 rings (SSSR count). The Morgan fingerprint density at radius 3 is 2.81 bits per heavy atom. The van der Waals surface area contributed by atoms with Gasteiger partial charge in [-0.15, -0.1) is 0 Å². The first-order valence-electron chi connectivity index (χ1n) is 8.84. The van der Waals surface area contributed by atoms with Gasteiger partial charge in [0, 0.05) is 37.7 Å². The smallest absolute Gasteiger partial charge is 0.214 e. The Bertz CT molecular complexity index is 944. The lowest BCUT2D eigenvalue weighted by molar-refractivity contribution is 0.0217. The minimum absolute atomic E-state index is 0.0336. The second kappa shape index (κ2) is 7.09. The van der Waals surface area contributed by atoms with Crippen LogP contribution in [0.1, 0.15) is 13.8 Å². The summed E-state index contributed by atoms with van der Waals surface area (Å²) in [6.07, 6.45) is 2.47. The van der Waals surface area contributed by atoms with E-state index in [2.05, 4.69) is 25.1 Å². The van der Waals surface area contributed by atoms with Crippen molar-refractivity contribution < 1.29 is 14.6 Å². The Labute approximate surface area is 156 Å². The summed E-state index contributed by atoms with van der Waals surface area (Å²) in [5, 5.41) is 18.3. The van der Waals surface area contributed by atoms with Crippen molar-refractivity contribution in [2.75, 3.05) is 25.1 Å². The number of fused-ring (bicyclic) bond motifs is 1. The van der Waals surface area contributed by atoms with Gasteiger partial charge in [-0.1, -0.05) is 0 Å². The summed E-state index contributed by atoms with van der Waals surface area (Å²) in [6.45, 7) is 4.95. The number of hydrogen-bond acceptors (Lipinski definition) is 8. The molecule has 9 nitrogen and oxygen atoms in total. The van der Waals surface area contributed by atoms with Gasteiger partial charge in [0.05, 0.1) is 29.6 Å². The molecule has 1 aliphatic rings.